The van der Waals surface area contributed by atoms with Gasteiger partial charge in [-0.25, -0.2) is 0 Å². The smallest absolute Gasteiger partial charge is 0.254 e. The Balaban J connectivity index is 1.98. The molecule has 1 unspecified atom stereocenters. The van der Waals surface area contributed by atoms with Gasteiger partial charge >= 0.3 is 0 Å². The number of rotatable bonds is 3. The van der Waals surface area contributed by atoms with Crippen LogP contribution in [0.4, 0.5) is 0 Å². The Morgan fingerprint density at radius 1 is 1.20 bits per heavy atom. The molecule has 2 N–H and O–H groups in total. The number of aromatic hydroxyl groups is 1. The van der Waals surface area contributed by atoms with Gasteiger partial charge in [-0.05, 0) is 43.9 Å². The number of carbonyl (C=O) groups excluding carboxylic acids is 1. The van der Waals surface area contributed by atoms with Gasteiger partial charge in [0, 0.05) is 41.3 Å². The number of benzene rings is 2. The summed E-state index contributed by atoms with van der Waals surface area (Å²) < 4.78 is 0. The molecule has 0 spiro atoms. The number of phenolic OH excluding ortho intramolecular Hbond substituents is 1. The number of hydrogen-bond donors (Lipinski definition) is 2. The molecule has 3 aromatic rings. The number of nitrogens with zero attached hydrogens (tertiary/aromatic N) is 2. The maximum absolute atomic E-state index is 12.7. The third kappa shape index (κ3) is 2.39. The number of para-hydroxylation sites is 1. The van der Waals surface area contributed by atoms with Gasteiger partial charge in [0.2, 0.25) is 0 Å². The molecule has 1 aromatic heterocycles. The van der Waals surface area contributed by atoms with Crippen LogP contribution in [0, 0.1) is 0 Å². The molecule has 0 fully saturated rings. The lowest BCUT2D eigenvalue weighted by Gasteiger charge is -2.23. The molecule has 5 heteroatoms. The minimum atomic E-state index is -0.208. The second kappa shape index (κ2) is 5.63. The summed E-state index contributed by atoms with van der Waals surface area (Å²) in [7, 11) is 5.88. The van der Waals surface area contributed by atoms with Crippen molar-refractivity contribution in [2.45, 2.75) is 12.6 Å². The molecule has 0 saturated heterocycles. The minimum absolute atomic E-state index is 0.0129. The molecule has 1 aliphatic rings. The second-order valence-corrected chi connectivity index (χ2v) is 6.89. The molecule has 25 heavy (non-hydrogen) atoms. The van der Waals surface area contributed by atoms with E-state index in [0.717, 1.165) is 34.3 Å². The van der Waals surface area contributed by atoms with E-state index in [4.69, 9.17) is 0 Å². The van der Waals surface area contributed by atoms with E-state index < -0.39 is 0 Å². The number of H-pyrrole nitrogens is 1. The number of hydrogen-bond acceptors (Lipinski definition) is 3. The highest BCUT2D eigenvalue weighted by Gasteiger charge is 2.38. The monoisotopic (exact) mass is 335 g/mol. The summed E-state index contributed by atoms with van der Waals surface area (Å²) in [6.45, 7) is 0.747. The Bertz CT molecular complexity index is 974. The lowest BCUT2D eigenvalue weighted by Crippen LogP contribution is -2.25. The first-order valence-electron chi connectivity index (χ1n) is 8.31. The molecular weight excluding hydrogens is 314 g/mol. The number of carbonyl (C=O) groups is 1. The molecule has 1 atom stereocenters. The van der Waals surface area contributed by atoms with Crippen LogP contribution >= 0.6 is 0 Å². The lowest BCUT2D eigenvalue weighted by molar-refractivity contribution is 0.0793. The average molecular weight is 335 g/mol. The zero-order valence-corrected chi connectivity index (χ0v) is 14.6. The first-order valence-corrected chi connectivity index (χ1v) is 8.31. The topological polar surface area (TPSA) is 59.6 Å². The number of phenols is 1. The zero-order chi connectivity index (χ0) is 17.7. The minimum Gasteiger partial charge on any atom is -0.508 e. The van der Waals surface area contributed by atoms with E-state index in [-0.39, 0.29) is 17.7 Å². The highest BCUT2D eigenvalue weighted by atomic mass is 16.3. The SMILES string of the molecule is CN(C)Cc1[nH]c2ccccc2c1C1c2cc(O)ccc2C(=O)N1C. The highest BCUT2D eigenvalue weighted by molar-refractivity contribution is 6.01. The first-order chi connectivity index (χ1) is 12.0. The molecule has 4 rings (SSSR count). The first kappa shape index (κ1) is 15.7. The third-order valence-electron chi connectivity index (χ3n) is 4.84. The van der Waals surface area contributed by atoms with Gasteiger partial charge in [-0.2, -0.15) is 0 Å². The fraction of sp³-hybridized carbons (Fsp3) is 0.250. The highest BCUT2D eigenvalue weighted by Crippen LogP contribution is 2.43. The standard InChI is InChI=1S/C20H21N3O2/c1-22(2)11-17-18(14-6-4-5-7-16(14)21-17)19-15-10-12(24)8-9-13(15)20(25)23(19)3/h4-10,19,21,24H,11H2,1-3H3. The molecule has 5 nitrogen and oxygen atoms in total. The van der Waals surface area contributed by atoms with Crippen molar-refractivity contribution in [3.63, 3.8) is 0 Å². The fourth-order valence-corrected chi connectivity index (χ4v) is 3.81. The number of amides is 1. The van der Waals surface area contributed by atoms with Crippen LogP contribution in [0.1, 0.15) is 33.2 Å². The summed E-state index contributed by atoms with van der Waals surface area (Å²) in [6, 6.07) is 12.9. The summed E-state index contributed by atoms with van der Waals surface area (Å²) in [4.78, 5) is 20.1. The van der Waals surface area contributed by atoms with Gasteiger partial charge in [-0.3, -0.25) is 4.79 Å². The van der Waals surface area contributed by atoms with E-state index in [1.807, 2.05) is 33.3 Å². The van der Waals surface area contributed by atoms with Crippen molar-refractivity contribution in [2.75, 3.05) is 21.1 Å². The number of fused-ring (bicyclic) bond motifs is 2. The normalized spacial score (nSPS) is 16.9. The quantitative estimate of drug-likeness (QED) is 0.773. The molecule has 1 amide bonds. The van der Waals surface area contributed by atoms with Crippen LogP contribution in [0.2, 0.25) is 0 Å². The summed E-state index contributed by atoms with van der Waals surface area (Å²) in [6.07, 6.45) is 0. The summed E-state index contributed by atoms with van der Waals surface area (Å²) >= 11 is 0. The van der Waals surface area contributed by atoms with Crippen molar-refractivity contribution >= 4 is 16.8 Å². The summed E-state index contributed by atoms with van der Waals surface area (Å²) in [5.74, 6) is 0.168. The predicted octanol–water partition coefficient (Wildman–Crippen LogP) is 3.11. The van der Waals surface area contributed by atoms with Crippen molar-refractivity contribution in [2.24, 2.45) is 0 Å². The molecule has 128 valence electrons. The number of nitrogens with one attached hydrogen (secondary N) is 1. The van der Waals surface area contributed by atoms with E-state index in [9.17, 15) is 9.90 Å². The summed E-state index contributed by atoms with van der Waals surface area (Å²) in [5.41, 5.74) is 4.77. The summed E-state index contributed by atoms with van der Waals surface area (Å²) in [5, 5.41) is 11.1. The molecular formula is C20H21N3O2. The Morgan fingerprint density at radius 2 is 1.96 bits per heavy atom. The van der Waals surface area contributed by atoms with Crippen molar-refractivity contribution in [1.29, 1.82) is 0 Å². The Morgan fingerprint density at radius 3 is 2.72 bits per heavy atom. The van der Waals surface area contributed by atoms with Gasteiger partial charge in [0.1, 0.15) is 5.75 Å². The maximum atomic E-state index is 12.7. The average Bonchev–Trinajstić information content (AvgIpc) is 3.02. The molecule has 2 heterocycles. The van der Waals surface area contributed by atoms with E-state index in [1.54, 1.807) is 23.1 Å². The van der Waals surface area contributed by atoms with Gasteiger partial charge < -0.3 is 19.9 Å². The van der Waals surface area contributed by atoms with Crippen LogP contribution in [-0.2, 0) is 6.54 Å². The third-order valence-corrected chi connectivity index (χ3v) is 4.84. The van der Waals surface area contributed by atoms with Crippen molar-refractivity contribution in [1.82, 2.24) is 14.8 Å². The van der Waals surface area contributed by atoms with Gasteiger partial charge in [-0.15, -0.1) is 0 Å². The Labute approximate surface area is 146 Å². The van der Waals surface area contributed by atoms with Crippen LogP contribution < -0.4 is 0 Å². The van der Waals surface area contributed by atoms with Crippen LogP contribution in [0.15, 0.2) is 42.5 Å². The van der Waals surface area contributed by atoms with E-state index in [1.165, 1.54) is 0 Å². The Hall–Kier alpha value is -2.79. The molecule has 2 aromatic carbocycles. The number of aromatic amines is 1. The van der Waals surface area contributed by atoms with Crippen molar-refractivity contribution in [3.05, 3.63) is 64.8 Å². The van der Waals surface area contributed by atoms with E-state index >= 15 is 0 Å². The van der Waals surface area contributed by atoms with Crippen LogP contribution in [-0.4, -0.2) is 46.9 Å². The van der Waals surface area contributed by atoms with E-state index in [2.05, 4.69) is 22.0 Å². The lowest BCUT2D eigenvalue weighted by atomic mass is 9.95. The van der Waals surface area contributed by atoms with Crippen molar-refractivity contribution in [3.8, 4) is 5.75 Å². The van der Waals surface area contributed by atoms with Gasteiger partial charge in [0.15, 0.2) is 0 Å². The van der Waals surface area contributed by atoms with Crippen molar-refractivity contribution < 1.29 is 9.90 Å². The molecule has 0 radical (unpaired) electrons. The molecule has 0 saturated carbocycles. The van der Waals surface area contributed by atoms with Crippen LogP contribution in [0.25, 0.3) is 10.9 Å². The molecule has 0 aliphatic carbocycles. The Kier molecular flexibility index (Phi) is 3.54. The molecule has 1 aliphatic heterocycles. The maximum Gasteiger partial charge on any atom is 0.254 e. The van der Waals surface area contributed by atoms with E-state index in [0.29, 0.717) is 5.56 Å². The molecule has 0 bridgehead atoms. The zero-order valence-electron chi connectivity index (χ0n) is 14.6. The van der Waals surface area contributed by atoms with Gasteiger partial charge in [-0.1, -0.05) is 18.2 Å². The number of aromatic nitrogens is 1. The fourth-order valence-electron chi connectivity index (χ4n) is 3.81. The van der Waals surface area contributed by atoms with Gasteiger partial charge in [0.05, 0.1) is 6.04 Å². The van der Waals surface area contributed by atoms with Gasteiger partial charge in [0.25, 0.3) is 5.91 Å². The predicted molar refractivity (Wildman–Crippen MR) is 97.7 cm³/mol. The second-order valence-electron chi connectivity index (χ2n) is 6.89. The van der Waals surface area contributed by atoms with Crippen LogP contribution in [0.5, 0.6) is 5.75 Å². The largest absolute Gasteiger partial charge is 0.508 e. The van der Waals surface area contributed by atoms with Crippen LogP contribution in [0.3, 0.4) is 0 Å².